The molecule has 2 aromatic carbocycles. The summed E-state index contributed by atoms with van der Waals surface area (Å²) in [6, 6.07) is 10.7. The molecule has 3 aliphatic heterocycles. The van der Waals surface area contributed by atoms with Crippen LogP contribution in [0.15, 0.2) is 41.3 Å². The van der Waals surface area contributed by atoms with E-state index in [-0.39, 0.29) is 23.3 Å². The molecular formula is C24H30N4O4S. The third-order valence-electron chi connectivity index (χ3n) is 7.00. The number of nitrogens with zero attached hydrogens (tertiary/aromatic N) is 4. The van der Waals surface area contributed by atoms with Crippen molar-refractivity contribution in [3.8, 4) is 0 Å². The number of anilines is 1. The van der Waals surface area contributed by atoms with E-state index < -0.39 is 10.0 Å². The van der Waals surface area contributed by atoms with Crippen LogP contribution in [0.5, 0.6) is 0 Å². The first kappa shape index (κ1) is 22.2. The van der Waals surface area contributed by atoms with Gasteiger partial charge in [0.2, 0.25) is 11.8 Å². The van der Waals surface area contributed by atoms with Crippen LogP contribution in [-0.4, -0.2) is 87.3 Å². The second-order valence-corrected chi connectivity index (χ2v) is 10.9. The largest absolute Gasteiger partial charge is 0.342 e. The van der Waals surface area contributed by atoms with Gasteiger partial charge in [0.15, 0.2) is 0 Å². The topological polar surface area (TPSA) is 81.2 Å². The monoisotopic (exact) mass is 470 g/mol. The number of amides is 2. The van der Waals surface area contributed by atoms with Crippen molar-refractivity contribution in [1.29, 1.82) is 0 Å². The first-order valence-electron chi connectivity index (χ1n) is 11.8. The molecule has 2 amide bonds. The molecule has 9 heteroatoms. The highest BCUT2D eigenvalue weighted by Gasteiger charge is 2.37. The number of hydrogen-bond acceptors (Lipinski definition) is 5. The van der Waals surface area contributed by atoms with E-state index in [1.54, 1.807) is 23.1 Å². The number of carbonyl (C=O) groups is 2. The normalized spacial score (nSPS) is 20.8. The Morgan fingerprint density at radius 1 is 0.727 bits per heavy atom. The van der Waals surface area contributed by atoms with E-state index >= 15 is 0 Å². The van der Waals surface area contributed by atoms with E-state index in [0.29, 0.717) is 43.8 Å². The molecule has 33 heavy (non-hydrogen) atoms. The van der Waals surface area contributed by atoms with Crippen molar-refractivity contribution < 1.29 is 18.0 Å². The molecule has 0 bridgehead atoms. The van der Waals surface area contributed by atoms with Crippen LogP contribution in [0.4, 0.5) is 5.69 Å². The first-order chi connectivity index (χ1) is 15.9. The molecule has 5 rings (SSSR count). The minimum atomic E-state index is -3.75. The van der Waals surface area contributed by atoms with Gasteiger partial charge in [-0.1, -0.05) is 37.1 Å². The van der Waals surface area contributed by atoms with Gasteiger partial charge < -0.3 is 9.80 Å². The Hall–Kier alpha value is -2.65. The average Bonchev–Trinajstić information content (AvgIpc) is 3.01. The Kier molecular flexibility index (Phi) is 6.01. The molecule has 0 N–H and O–H groups in total. The van der Waals surface area contributed by atoms with Crippen molar-refractivity contribution in [2.75, 3.05) is 56.7 Å². The third kappa shape index (κ3) is 4.19. The standard InChI is InChI=1S/C24H30N4O4S/c29-22(26-11-3-1-2-4-12-26)17-25-13-15-27(16-14-25)23(30)18-28-20-9-5-7-19-8-6-10-21(24(19)20)33(28,31)32/h5-10H,1-4,11-18H2. The first-order valence-corrected chi connectivity index (χ1v) is 13.2. The van der Waals surface area contributed by atoms with Crippen LogP contribution in [0.2, 0.25) is 0 Å². The number of likely N-dealkylation sites (tertiary alicyclic amines) is 1. The zero-order valence-corrected chi connectivity index (χ0v) is 19.6. The molecule has 3 aliphatic rings. The Bertz CT molecular complexity index is 1160. The van der Waals surface area contributed by atoms with Crippen LogP contribution < -0.4 is 4.31 Å². The van der Waals surface area contributed by atoms with Gasteiger partial charge in [0.05, 0.1) is 17.1 Å². The lowest BCUT2D eigenvalue weighted by molar-refractivity contribution is -0.134. The number of carbonyl (C=O) groups excluding carboxylic acids is 2. The summed E-state index contributed by atoms with van der Waals surface area (Å²) in [5, 5.41) is 1.54. The van der Waals surface area contributed by atoms with E-state index in [1.165, 1.54) is 17.1 Å². The summed E-state index contributed by atoms with van der Waals surface area (Å²) >= 11 is 0. The number of sulfonamides is 1. The summed E-state index contributed by atoms with van der Waals surface area (Å²) in [6.45, 7) is 4.10. The highest BCUT2D eigenvalue weighted by molar-refractivity contribution is 7.93. The van der Waals surface area contributed by atoms with Gasteiger partial charge >= 0.3 is 0 Å². The van der Waals surface area contributed by atoms with Gasteiger partial charge in [-0.25, -0.2) is 8.42 Å². The minimum absolute atomic E-state index is 0.172. The summed E-state index contributed by atoms with van der Waals surface area (Å²) in [7, 11) is -3.75. The van der Waals surface area contributed by atoms with E-state index in [2.05, 4.69) is 4.90 Å². The zero-order chi connectivity index (χ0) is 23.0. The summed E-state index contributed by atoms with van der Waals surface area (Å²) in [5.41, 5.74) is 0.568. The lowest BCUT2D eigenvalue weighted by Gasteiger charge is -2.36. The van der Waals surface area contributed by atoms with Crippen LogP contribution in [0, 0.1) is 0 Å². The summed E-state index contributed by atoms with van der Waals surface area (Å²) in [5.74, 6) is -0.0347. The molecule has 8 nitrogen and oxygen atoms in total. The predicted octanol–water partition coefficient (Wildman–Crippen LogP) is 1.90. The Morgan fingerprint density at radius 2 is 1.33 bits per heavy atom. The van der Waals surface area contributed by atoms with E-state index in [1.807, 2.05) is 23.1 Å². The van der Waals surface area contributed by atoms with Gasteiger partial charge in [-0.15, -0.1) is 0 Å². The number of piperazine rings is 1. The fourth-order valence-corrected chi connectivity index (χ4v) is 6.78. The fraction of sp³-hybridized carbons (Fsp3) is 0.500. The van der Waals surface area contributed by atoms with E-state index in [4.69, 9.17) is 0 Å². The maximum absolute atomic E-state index is 13.1. The molecule has 2 saturated heterocycles. The molecule has 0 radical (unpaired) electrons. The Labute approximate surface area is 194 Å². The minimum Gasteiger partial charge on any atom is -0.342 e. The smallest absolute Gasteiger partial charge is 0.265 e. The predicted molar refractivity (Wildman–Crippen MR) is 127 cm³/mol. The third-order valence-corrected chi connectivity index (χ3v) is 8.80. The zero-order valence-electron chi connectivity index (χ0n) is 18.8. The molecular weight excluding hydrogens is 440 g/mol. The molecule has 0 aliphatic carbocycles. The fourth-order valence-electron chi connectivity index (χ4n) is 5.12. The van der Waals surface area contributed by atoms with Gasteiger partial charge in [-0.2, -0.15) is 0 Å². The van der Waals surface area contributed by atoms with Gasteiger partial charge in [0, 0.05) is 44.7 Å². The molecule has 0 saturated carbocycles. The van der Waals surface area contributed by atoms with Crippen molar-refractivity contribution in [2.24, 2.45) is 0 Å². The van der Waals surface area contributed by atoms with Crippen LogP contribution in [0.3, 0.4) is 0 Å². The molecule has 0 unspecified atom stereocenters. The molecule has 2 fully saturated rings. The number of benzene rings is 2. The lowest BCUT2D eigenvalue weighted by atomic mass is 10.1. The molecule has 2 aromatic rings. The summed E-state index contributed by atoms with van der Waals surface area (Å²) in [4.78, 5) is 31.8. The number of hydrogen-bond donors (Lipinski definition) is 0. The SMILES string of the molecule is O=C(CN1CCN(C(=O)CN2c3cccc4cccc(c34)S2(=O)=O)CC1)N1CCCCCC1. The maximum Gasteiger partial charge on any atom is 0.265 e. The summed E-state index contributed by atoms with van der Waals surface area (Å²) < 4.78 is 27.5. The summed E-state index contributed by atoms with van der Waals surface area (Å²) in [6.07, 6.45) is 4.53. The van der Waals surface area contributed by atoms with Crippen molar-refractivity contribution in [3.05, 3.63) is 36.4 Å². The molecule has 0 aromatic heterocycles. The highest BCUT2D eigenvalue weighted by Crippen LogP contribution is 2.41. The average molecular weight is 471 g/mol. The van der Waals surface area contributed by atoms with E-state index in [0.717, 1.165) is 31.3 Å². The highest BCUT2D eigenvalue weighted by atomic mass is 32.2. The van der Waals surface area contributed by atoms with E-state index in [9.17, 15) is 18.0 Å². The Balaban J connectivity index is 1.20. The van der Waals surface area contributed by atoms with Crippen molar-refractivity contribution in [1.82, 2.24) is 14.7 Å². The van der Waals surface area contributed by atoms with Gasteiger partial charge in [-0.3, -0.25) is 18.8 Å². The van der Waals surface area contributed by atoms with Crippen LogP contribution in [0.1, 0.15) is 25.7 Å². The number of rotatable bonds is 4. The maximum atomic E-state index is 13.1. The Morgan fingerprint density at radius 3 is 2.03 bits per heavy atom. The second-order valence-electron chi connectivity index (χ2n) is 9.10. The van der Waals surface area contributed by atoms with Crippen LogP contribution in [-0.2, 0) is 19.6 Å². The van der Waals surface area contributed by atoms with Crippen molar-refractivity contribution in [2.45, 2.75) is 30.6 Å². The van der Waals surface area contributed by atoms with Gasteiger partial charge in [0.1, 0.15) is 6.54 Å². The molecule has 0 atom stereocenters. The second kappa shape index (κ2) is 8.95. The van der Waals surface area contributed by atoms with Crippen LogP contribution >= 0.6 is 0 Å². The molecule has 176 valence electrons. The van der Waals surface area contributed by atoms with Gasteiger partial charge in [-0.05, 0) is 30.4 Å². The lowest BCUT2D eigenvalue weighted by Crippen LogP contribution is -2.53. The van der Waals surface area contributed by atoms with Crippen molar-refractivity contribution >= 4 is 38.3 Å². The van der Waals surface area contributed by atoms with Crippen molar-refractivity contribution in [3.63, 3.8) is 0 Å². The van der Waals surface area contributed by atoms with Gasteiger partial charge in [0.25, 0.3) is 10.0 Å². The molecule has 0 spiro atoms. The quantitative estimate of drug-likeness (QED) is 0.682. The molecule has 3 heterocycles. The van der Waals surface area contributed by atoms with Crippen LogP contribution in [0.25, 0.3) is 10.8 Å².